The van der Waals surface area contributed by atoms with Gasteiger partial charge < -0.3 is 5.32 Å². The van der Waals surface area contributed by atoms with Gasteiger partial charge >= 0.3 is 0 Å². The Bertz CT molecular complexity index is 410. The normalized spacial score (nSPS) is 15.6. The molecule has 2 rings (SSSR count). The highest BCUT2D eigenvalue weighted by molar-refractivity contribution is 5.60. The molecule has 1 heteroatoms. The van der Waals surface area contributed by atoms with E-state index in [0.29, 0.717) is 5.92 Å². The number of benzene rings is 1. The van der Waals surface area contributed by atoms with E-state index in [0.717, 1.165) is 6.54 Å². The molecule has 1 aromatic rings. The predicted octanol–water partition coefficient (Wildman–Crippen LogP) is 4.47. The molecule has 0 fully saturated rings. The molecule has 0 aliphatic carbocycles. The molecule has 1 N–H and O–H groups in total. The van der Waals surface area contributed by atoms with Crippen molar-refractivity contribution in [1.29, 1.82) is 0 Å². The third-order valence-electron chi connectivity index (χ3n) is 3.67. The second-order valence-corrected chi connectivity index (χ2v) is 6.53. The van der Waals surface area contributed by atoms with Crippen LogP contribution < -0.4 is 5.32 Å². The molecule has 0 amide bonds. The molecular weight excluding hydrogens is 206 g/mol. The molecule has 1 aromatic carbocycles. The van der Waals surface area contributed by atoms with Crippen molar-refractivity contribution in [3.8, 4) is 0 Å². The Kier molecular flexibility index (Phi) is 3.20. The van der Waals surface area contributed by atoms with E-state index in [9.17, 15) is 0 Å². The number of hydrogen-bond donors (Lipinski definition) is 1. The van der Waals surface area contributed by atoms with Crippen molar-refractivity contribution in [3.05, 3.63) is 28.8 Å². The van der Waals surface area contributed by atoms with Crippen molar-refractivity contribution < 1.29 is 0 Å². The lowest BCUT2D eigenvalue weighted by Gasteiger charge is -2.30. The molecule has 1 aliphatic heterocycles. The molecule has 0 spiro atoms. The van der Waals surface area contributed by atoms with Crippen LogP contribution in [0.25, 0.3) is 0 Å². The van der Waals surface area contributed by atoms with Gasteiger partial charge in [-0.2, -0.15) is 0 Å². The van der Waals surface area contributed by atoms with Crippen molar-refractivity contribution >= 4 is 5.69 Å². The molecule has 0 radical (unpaired) electrons. The Labute approximate surface area is 106 Å². The summed E-state index contributed by atoms with van der Waals surface area (Å²) in [6.45, 7) is 12.6. The van der Waals surface area contributed by atoms with Crippen LogP contribution in [0.15, 0.2) is 12.1 Å². The topological polar surface area (TPSA) is 12.0 Å². The minimum absolute atomic E-state index is 0.244. The van der Waals surface area contributed by atoms with E-state index in [4.69, 9.17) is 0 Å². The van der Waals surface area contributed by atoms with Gasteiger partial charge in [0.2, 0.25) is 0 Å². The molecule has 94 valence electrons. The predicted molar refractivity (Wildman–Crippen MR) is 76.0 cm³/mol. The maximum absolute atomic E-state index is 3.57. The zero-order valence-corrected chi connectivity index (χ0v) is 11.9. The number of anilines is 1. The second-order valence-electron chi connectivity index (χ2n) is 6.53. The molecule has 0 saturated carbocycles. The summed E-state index contributed by atoms with van der Waals surface area (Å²) in [6.07, 6.45) is 2.49. The quantitative estimate of drug-likeness (QED) is 0.752. The van der Waals surface area contributed by atoms with Crippen LogP contribution in [-0.2, 0) is 11.8 Å². The summed E-state index contributed by atoms with van der Waals surface area (Å²) in [6, 6.07) is 4.78. The van der Waals surface area contributed by atoms with Gasteiger partial charge in [0.1, 0.15) is 0 Å². The largest absolute Gasteiger partial charge is 0.385 e. The molecule has 17 heavy (non-hydrogen) atoms. The first kappa shape index (κ1) is 12.5. The summed E-state index contributed by atoms with van der Waals surface area (Å²) < 4.78 is 0. The number of hydrogen-bond acceptors (Lipinski definition) is 1. The minimum Gasteiger partial charge on any atom is -0.385 e. The fourth-order valence-corrected chi connectivity index (χ4v) is 2.61. The minimum atomic E-state index is 0.244. The second kappa shape index (κ2) is 4.36. The van der Waals surface area contributed by atoms with Crippen molar-refractivity contribution in [1.82, 2.24) is 0 Å². The first-order chi connectivity index (χ1) is 7.89. The molecule has 0 aromatic heterocycles. The van der Waals surface area contributed by atoms with Gasteiger partial charge in [-0.15, -0.1) is 0 Å². The lowest BCUT2D eigenvalue weighted by Crippen LogP contribution is -2.20. The molecule has 1 aliphatic rings. The van der Waals surface area contributed by atoms with Crippen molar-refractivity contribution in [2.75, 3.05) is 11.9 Å². The number of fused-ring (bicyclic) bond motifs is 1. The maximum Gasteiger partial charge on any atom is 0.0378 e. The molecule has 0 saturated heterocycles. The van der Waals surface area contributed by atoms with E-state index in [1.807, 2.05) is 0 Å². The van der Waals surface area contributed by atoms with Crippen LogP contribution in [0.5, 0.6) is 0 Å². The van der Waals surface area contributed by atoms with Crippen LogP contribution in [0.3, 0.4) is 0 Å². The van der Waals surface area contributed by atoms with Crippen molar-refractivity contribution in [3.63, 3.8) is 0 Å². The lowest BCUT2D eigenvalue weighted by atomic mass is 9.79. The van der Waals surface area contributed by atoms with Crippen LogP contribution in [0, 0.1) is 0 Å². The number of rotatable bonds is 1. The van der Waals surface area contributed by atoms with Gasteiger partial charge in [0.15, 0.2) is 0 Å². The number of nitrogens with one attached hydrogen (secondary N) is 1. The fraction of sp³-hybridized carbons (Fsp3) is 0.625. The summed E-state index contributed by atoms with van der Waals surface area (Å²) in [5.74, 6) is 0.602. The summed E-state index contributed by atoms with van der Waals surface area (Å²) >= 11 is 0. The van der Waals surface area contributed by atoms with Gasteiger partial charge in [0, 0.05) is 12.2 Å². The van der Waals surface area contributed by atoms with Crippen LogP contribution >= 0.6 is 0 Å². The lowest BCUT2D eigenvalue weighted by molar-refractivity contribution is 0.577. The SMILES string of the molecule is CC(C)c1cc2c(c(C(C)(C)C)c1)CCCN2. The van der Waals surface area contributed by atoms with Crippen LogP contribution in [0.1, 0.15) is 63.6 Å². The molecule has 1 heterocycles. The van der Waals surface area contributed by atoms with Crippen LogP contribution in [-0.4, -0.2) is 6.54 Å². The third kappa shape index (κ3) is 2.48. The van der Waals surface area contributed by atoms with E-state index in [1.165, 1.54) is 29.7 Å². The van der Waals surface area contributed by atoms with E-state index in [-0.39, 0.29) is 5.41 Å². The summed E-state index contributed by atoms with van der Waals surface area (Å²) in [5, 5.41) is 3.57. The van der Waals surface area contributed by atoms with E-state index in [2.05, 4.69) is 52.1 Å². The highest BCUT2D eigenvalue weighted by Crippen LogP contribution is 2.36. The molecule has 0 bridgehead atoms. The average Bonchev–Trinajstić information content (AvgIpc) is 2.26. The zero-order chi connectivity index (χ0) is 12.6. The van der Waals surface area contributed by atoms with Gasteiger partial charge in [-0.05, 0) is 46.9 Å². The first-order valence-electron chi connectivity index (χ1n) is 6.81. The van der Waals surface area contributed by atoms with Gasteiger partial charge in [-0.25, -0.2) is 0 Å². The third-order valence-corrected chi connectivity index (χ3v) is 3.67. The molecular formula is C16H25N. The Morgan fingerprint density at radius 1 is 1.18 bits per heavy atom. The van der Waals surface area contributed by atoms with Gasteiger partial charge in [0.05, 0.1) is 0 Å². The Hall–Kier alpha value is -0.980. The monoisotopic (exact) mass is 231 g/mol. The van der Waals surface area contributed by atoms with Crippen molar-refractivity contribution in [2.45, 2.75) is 58.8 Å². The molecule has 0 atom stereocenters. The summed E-state index contributed by atoms with van der Waals surface area (Å²) in [7, 11) is 0. The smallest absolute Gasteiger partial charge is 0.0378 e. The first-order valence-corrected chi connectivity index (χ1v) is 6.81. The highest BCUT2D eigenvalue weighted by atomic mass is 14.9. The van der Waals surface area contributed by atoms with Gasteiger partial charge in [-0.3, -0.25) is 0 Å². The summed E-state index contributed by atoms with van der Waals surface area (Å²) in [4.78, 5) is 0. The van der Waals surface area contributed by atoms with E-state index >= 15 is 0 Å². The fourth-order valence-electron chi connectivity index (χ4n) is 2.61. The average molecular weight is 231 g/mol. The maximum atomic E-state index is 3.57. The van der Waals surface area contributed by atoms with Crippen LogP contribution in [0.2, 0.25) is 0 Å². The molecule has 0 unspecified atom stereocenters. The van der Waals surface area contributed by atoms with E-state index in [1.54, 1.807) is 5.56 Å². The zero-order valence-electron chi connectivity index (χ0n) is 11.9. The highest BCUT2D eigenvalue weighted by Gasteiger charge is 2.23. The van der Waals surface area contributed by atoms with Crippen LogP contribution in [0.4, 0.5) is 5.69 Å². The van der Waals surface area contributed by atoms with E-state index < -0.39 is 0 Å². The standard InChI is InChI=1S/C16H25N/c1-11(2)12-9-14(16(3,4)5)13-7-6-8-17-15(13)10-12/h9-11,17H,6-8H2,1-5H3. The Morgan fingerprint density at radius 2 is 1.88 bits per heavy atom. The Balaban J connectivity index is 2.58. The Morgan fingerprint density at radius 3 is 2.47 bits per heavy atom. The molecule has 1 nitrogen and oxygen atoms in total. The summed E-state index contributed by atoms with van der Waals surface area (Å²) in [5.41, 5.74) is 6.17. The van der Waals surface area contributed by atoms with Gasteiger partial charge in [0.25, 0.3) is 0 Å². The van der Waals surface area contributed by atoms with Crippen molar-refractivity contribution in [2.24, 2.45) is 0 Å². The van der Waals surface area contributed by atoms with Gasteiger partial charge in [-0.1, -0.05) is 40.7 Å².